The van der Waals surface area contributed by atoms with E-state index in [0.29, 0.717) is 28.5 Å². The van der Waals surface area contributed by atoms with Crippen LogP contribution < -0.4 is 14.8 Å². The summed E-state index contributed by atoms with van der Waals surface area (Å²) in [5.41, 5.74) is 2.70. The van der Waals surface area contributed by atoms with Gasteiger partial charge >= 0.3 is 0 Å². The number of nitrogens with one attached hydrogen (secondary N) is 1. The Kier molecular flexibility index (Phi) is 6.75. The van der Waals surface area contributed by atoms with Crippen LogP contribution in [0.25, 0.3) is 23.0 Å². The highest BCUT2D eigenvalue weighted by Gasteiger charge is 2.17. The van der Waals surface area contributed by atoms with Crippen LogP contribution in [0.2, 0.25) is 0 Å². The highest BCUT2D eigenvalue weighted by Crippen LogP contribution is 2.34. The molecule has 1 N–H and O–H groups in total. The first kappa shape index (κ1) is 22.4. The smallest absolute Gasteiger partial charge is 0.262 e. The van der Waals surface area contributed by atoms with Crippen LogP contribution in [0.15, 0.2) is 83.1 Å². The van der Waals surface area contributed by atoms with Crippen LogP contribution >= 0.6 is 0 Å². The Morgan fingerprint density at radius 3 is 2.59 bits per heavy atom. The molecule has 0 saturated carbocycles. The molecular formula is C26H22N4O4. The fraction of sp³-hybridized carbons (Fsp3) is 0.115. The lowest BCUT2D eigenvalue weighted by Gasteiger charge is -2.09. The van der Waals surface area contributed by atoms with E-state index in [4.69, 9.17) is 19.0 Å². The van der Waals surface area contributed by atoms with Crippen molar-refractivity contribution < 1.29 is 18.7 Å². The number of ether oxygens (including phenoxy) is 2. The van der Waals surface area contributed by atoms with Gasteiger partial charge in [-0.25, -0.2) is 4.68 Å². The highest BCUT2D eigenvalue weighted by molar-refractivity contribution is 6.02. The molecule has 2 aromatic heterocycles. The lowest BCUT2D eigenvalue weighted by atomic mass is 10.1. The number of rotatable bonds is 8. The van der Waals surface area contributed by atoms with Crippen LogP contribution in [0, 0.1) is 11.3 Å². The van der Waals surface area contributed by atoms with Crippen LogP contribution in [0.3, 0.4) is 0 Å². The number of carbonyl (C=O) groups is 1. The third-order valence-corrected chi connectivity index (χ3v) is 5.09. The fourth-order valence-electron chi connectivity index (χ4n) is 3.39. The maximum Gasteiger partial charge on any atom is 0.262 e. The third kappa shape index (κ3) is 4.84. The average Bonchev–Trinajstić information content (AvgIpc) is 3.56. The van der Waals surface area contributed by atoms with Crippen molar-refractivity contribution in [2.24, 2.45) is 0 Å². The number of furan rings is 1. The molecule has 0 aliphatic rings. The van der Waals surface area contributed by atoms with E-state index in [1.807, 2.05) is 42.5 Å². The fourth-order valence-corrected chi connectivity index (χ4v) is 3.39. The van der Waals surface area contributed by atoms with E-state index < -0.39 is 5.91 Å². The van der Waals surface area contributed by atoms with Gasteiger partial charge in [0.1, 0.15) is 23.1 Å². The van der Waals surface area contributed by atoms with E-state index in [2.05, 4.69) is 5.32 Å². The standard InChI is InChI=1S/C26H22N4O4/c1-32-23-11-10-18(14-24(23)33-2)25-20(17-30(29-25)21-7-4-3-5-8-21)13-19(15-27)26(31)28-16-22-9-6-12-34-22/h3-14,17H,16H2,1-2H3,(H,28,31)/b19-13+. The summed E-state index contributed by atoms with van der Waals surface area (Å²) in [6.07, 6.45) is 4.82. The minimum absolute atomic E-state index is 0.0547. The molecule has 8 nitrogen and oxygen atoms in total. The largest absolute Gasteiger partial charge is 0.493 e. The second-order valence-electron chi connectivity index (χ2n) is 7.21. The van der Waals surface area contributed by atoms with Gasteiger partial charge < -0.3 is 19.2 Å². The summed E-state index contributed by atoms with van der Waals surface area (Å²) in [7, 11) is 3.12. The first-order valence-electron chi connectivity index (χ1n) is 10.4. The number of methoxy groups -OCH3 is 2. The van der Waals surface area contributed by atoms with Gasteiger partial charge in [0.2, 0.25) is 0 Å². The summed E-state index contributed by atoms with van der Waals surface area (Å²) in [5, 5.41) is 17.1. The zero-order chi connectivity index (χ0) is 23.9. The molecule has 2 heterocycles. The molecule has 0 bridgehead atoms. The van der Waals surface area contributed by atoms with Crippen molar-refractivity contribution in [3.63, 3.8) is 0 Å². The van der Waals surface area contributed by atoms with Crippen molar-refractivity contribution >= 4 is 12.0 Å². The molecular weight excluding hydrogens is 432 g/mol. The van der Waals surface area contributed by atoms with Crippen molar-refractivity contribution in [1.29, 1.82) is 5.26 Å². The lowest BCUT2D eigenvalue weighted by Crippen LogP contribution is -2.23. The molecule has 4 rings (SSSR count). The molecule has 170 valence electrons. The monoisotopic (exact) mass is 454 g/mol. The normalized spacial score (nSPS) is 11.0. The summed E-state index contributed by atoms with van der Waals surface area (Å²) >= 11 is 0. The number of hydrogen-bond donors (Lipinski definition) is 1. The van der Waals surface area contributed by atoms with Gasteiger partial charge in [-0.15, -0.1) is 0 Å². The Hall–Kier alpha value is -4.77. The maximum atomic E-state index is 12.7. The Morgan fingerprint density at radius 2 is 1.91 bits per heavy atom. The van der Waals surface area contributed by atoms with Crippen LogP contribution in [-0.2, 0) is 11.3 Å². The Balaban J connectivity index is 1.75. The van der Waals surface area contributed by atoms with Crippen molar-refractivity contribution in [3.8, 4) is 34.5 Å². The quantitative estimate of drug-likeness (QED) is 0.313. The molecule has 0 atom stereocenters. The van der Waals surface area contributed by atoms with E-state index in [9.17, 15) is 10.1 Å². The Bertz CT molecular complexity index is 1350. The first-order chi connectivity index (χ1) is 16.6. The summed E-state index contributed by atoms with van der Waals surface area (Å²) in [4.78, 5) is 12.7. The van der Waals surface area contributed by atoms with Crippen LogP contribution in [0.1, 0.15) is 11.3 Å². The minimum atomic E-state index is -0.510. The molecule has 0 aliphatic heterocycles. The van der Waals surface area contributed by atoms with E-state index in [0.717, 1.165) is 11.3 Å². The number of carbonyl (C=O) groups excluding carboxylic acids is 1. The number of aromatic nitrogens is 2. The SMILES string of the molecule is COc1ccc(-c2nn(-c3ccccc3)cc2/C=C(\C#N)C(=O)NCc2ccco2)cc1OC. The van der Waals surface area contributed by atoms with Gasteiger partial charge in [0, 0.05) is 17.3 Å². The number of para-hydroxylation sites is 1. The number of nitrogens with zero attached hydrogens (tertiary/aromatic N) is 3. The van der Waals surface area contributed by atoms with E-state index in [1.165, 1.54) is 12.3 Å². The van der Waals surface area contributed by atoms with Gasteiger partial charge in [0.25, 0.3) is 5.91 Å². The molecule has 2 aromatic carbocycles. The number of amides is 1. The molecule has 4 aromatic rings. The van der Waals surface area contributed by atoms with Gasteiger partial charge in [-0.3, -0.25) is 4.79 Å². The maximum absolute atomic E-state index is 12.7. The van der Waals surface area contributed by atoms with Crippen molar-refractivity contribution in [2.45, 2.75) is 6.54 Å². The lowest BCUT2D eigenvalue weighted by molar-refractivity contribution is -0.117. The van der Waals surface area contributed by atoms with E-state index in [1.54, 1.807) is 49.4 Å². The zero-order valence-electron chi connectivity index (χ0n) is 18.7. The van der Waals surface area contributed by atoms with E-state index in [-0.39, 0.29) is 12.1 Å². The number of nitriles is 1. The van der Waals surface area contributed by atoms with Crippen molar-refractivity contribution in [1.82, 2.24) is 15.1 Å². The molecule has 0 radical (unpaired) electrons. The second-order valence-corrected chi connectivity index (χ2v) is 7.21. The molecule has 8 heteroatoms. The minimum Gasteiger partial charge on any atom is -0.493 e. The molecule has 0 fully saturated rings. The first-order valence-corrected chi connectivity index (χ1v) is 10.4. The predicted octanol–water partition coefficient (Wildman–Crippen LogP) is 4.37. The topological polar surface area (TPSA) is 102 Å². The summed E-state index contributed by atoms with van der Waals surface area (Å²) in [6, 6.07) is 20.5. The van der Waals surface area contributed by atoms with Gasteiger partial charge in [-0.2, -0.15) is 10.4 Å². The average molecular weight is 454 g/mol. The van der Waals surface area contributed by atoms with Crippen molar-refractivity contribution in [2.75, 3.05) is 14.2 Å². The van der Waals surface area contributed by atoms with Gasteiger partial charge in [-0.05, 0) is 48.5 Å². The predicted molar refractivity (Wildman–Crippen MR) is 126 cm³/mol. The molecule has 34 heavy (non-hydrogen) atoms. The molecule has 1 amide bonds. The van der Waals surface area contributed by atoms with E-state index >= 15 is 0 Å². The molecule has 0 spiro atoms. The molecule has 0 unspecified atom stereocenters. The second kappa shape index (κ2) is 10.2. The highest BCUT2D eigenvalue weighted by atomic mass is 16.5. The van der Waals surface area contributed by atoms with Gasteiger partial charge in [0.05, 0.1) is 32.7 Å². The van der Waals surface area contributed by atoms with Crippen LogP contribution in [0.5, 0.6) is 11.5 Å². The molecule has 0 aliphatic carbocycles. The van der Waals surface area contributed by atoms with Crippen LogP contribution in [0.4, 0.5) is 0 Å². The number of benzene rings is 2. The molecule has 0 saturated heterocycles. The number of hydrogen-bond acceptors (Lipinski definition) is 6. The summed E-state index contributed by atoms with van der Waals surface area (Å²) in [6.45, 7) is 0.177. The van der Waals surface area contributed by atoms with Crippen LogP contribution in [-0.4, -0.2) is 29.9 Å². The Morgan fingerprint density at radius 1 is 1.12 bits per heavy atom. The zero-order valence-corrected chi connectivity index (χ0v) is 18.7. The van der Waals surface area contributed by atoms with Gasteiger partial charge in [-0.1, -0.05) is 18.2 Å². The summed E-state index contributed by atoms with van der Waals surface area (Å²) in [5.74, 6) is 1.21. The van der Waals surface area contributed by atoms with Crippen molar-refractivity contribution in [3.05, 3.63) is 90.0 Å². The third-order valence-electron chi connectivity index (χ3n) is 5.09. The van der Waals surface area contributed by atoms with Gasteiger partial charge in [0.15, 0.2) is 11.5 Å². The Labute approximate surface area is 196 Å². The summed E-state index contributed by atoms with van der Waals surface area (Å²) < 4.78 is 17.7.